The maximum atomic E-state index is 11.8. The fourth-order valence-corrected chi connectivity index (χ4v) is 2.43. The van der Waals surface area contributed by atoms with Gasteiger partial charge in [-0.15, -0.1) is 0 Å². The van der Waals surface area contributed by atoms with Crippen molar-refractivity contribution in [2.45, 2.75) is 59.2 Å². The van der Waals surface area contributed by atoms with Crippen LogP contribution in [0.1, 0.15) is 47.1 Å². The van der Waals surface area contributed by atoms with E-state index in [0.29, 0.717) is 5.57 Å². The molecular formula is C18H26BNO3. The summed E-state index contributed by atoms with van der Waals surface area (Å²) in [4.78, 5) is 11.8. The number of amides is 1. The third kappa shape index (κ3) is 3.51. The normalized spacial score (nSPS) is 18.8. The first-order chi connectivity index (χ1) is 10.6. The summed E-state index contributed by atoms with van der Waals surface area (Å²) in [5, 5.41) is 2.85. The molecule has 5 heteroatoms. The molecule has 1 amide bonds. The zero-order chi connectivity index (χ0) is 17.4. The van der Waals surface area contributed by atoms with Crippen molar-refractivity contribution in [2.75, 3.05) is 5.32 Å². The molecule has 1 aliphatic heterocycles. The fraction of sp³-hybridized carbons (Fsp3) is 0.500. The molecule has 0 radical (unpaired) electrons. The highest BCUT2D eigenvalue weighted by Crippen LogP contribution is 2.36. The molecule has 1 N–H and O–H groups in total. The monoisotopic (exact) mass is 315 g/mol. The number of anilines is 1. The Bertz CT molecular complexity index is 621. The second-order valence-corrected chi connectivity index (χ2v) is 7.09. The number of carbonyl (C=O) groups excluding carboxylic acids is 1. The highest BCUT2D eigenvalue weighted by Gasteiger charge is 2.52. The van der Waals surface area contributed by atoms with Gasteiger partial charge in [0.1, 0.15) is 0 Å². The van der Waals surface area contributed by atoms with Crippen molar-refractivity contribution < 1.29 is 14.1 Å². The van der Waals surface area contributed by atoms with E-state index in [4.69, 9.17) is 9.31 Å². The first-order valence-electron chi connectivity index (χ1n) is 8.02. The number of hydrogen-bond donors (Lipinski definition) is 1. The van der Waals surface area contributed by atoms with Crippen LogP contribution in [-0.4, -0.2) is 24.2 Å². The van der Waals surface area contributed by atoms with Gasteiger partial charge in [0.15, 0.2) is 0 Å². The molecule has 1 aromatic rings. The summed E-state index contributed by atoms with van der Waals surface area (Å²) in [6.07, 6.45) is 0.830. The molecule has 1 saturated heterocycles. The van der Waals surface area contributed by atoms with E-state index >= 15 is 0 Å². The topological polar surface area (TPSA) is 47.6 Å². The van der Waals surface area contributed by atoms with Crippen molar-refractivity contribution in [3.8, 4) is 0 Å². The Morgan fingerprint density at radius 2 is 1.78 bits per heavy atom. The van der Waals surface area contributed by atoms with Crippen LogP contribution in [0, 0.1) is 0 Å². The molecule has 124 valence electrons. The van der Waals surface area contributed by atoms with Crippen LogP contribution in [-0.2, 0) is 20.5 Å². The van der Waals surface area contributed by atoms with E-state index in [1.165, 1.54) is 0 Å². The highest BCUT2D eigenvalue weighted by atomic mass is 16.7. The van der Waals surface area contributed by atoms with Gasteiger partial charge < -0.3 is 14.6 Å². The van der Waals surface area contributed by atoms with E-state index in [9.17, 15) is 4.79 Å². The molecule has 4 nitrogen and oxygen atoms in total. The van der Waals surface area contributed by atoms with Gasteiger partial charge in [-0.3, -0.25) is 4.79 Å². The summed E-state index contributed by atoms with van der Waals surface area (Å²) in [6.45, 7) is 15.6. The van der Waals surface area contributed by atoms with E-state index in [0.717, 1.165) is 23.1 Å². The molecule has 0 aromatic heterocycles. The molecule has 1 heterocycles. The highest BCUT2D eigenvalue weighted by molar-refractivity contribution is 6.62. The third-order valence-corrected chi connectivity index (χ3v) is 4.68. The Morgan fingerprint density at radius 1 is 1.22 bits per heavy atom. The molecule has 1 aliphatic rings. The molecule has 0 bridgehead atoms. The Morgan fingerprint density at radius 3 is 2.26 bits per heavy atom. The standard InChI is InChI=1S/C18H26BNO3/c1-8-13-11-14(20-16(21)12(2)3)9-10-15(13)19-22-17(4,5)18(6,7)23-19/h9-11H,2,8H2,1,3-7H3,(H,20,21). The van der Waals surface area contributed by atoms with E-state index in [-0.39, 0.29) is 24.2 Å². The molecule has 1 aromatic carbocycles. The van der Waals surface area contributed by atoms with Crippen molar-refractivity contribution >= 4 is 24.2 Å². The molecule has 0 atom stereocenters. The molecular weight excluding hydrogens is 289 g/mol. The molecule has 0 saturated carbocycles. The molecule has 23 heavy (non-hydrogen) atoms. The molecule has 0 unspecified atom stereocenters. The Kier molecular flexibility index (Phi) is 4.74. The van der Waals surface area contributed by atoms with Crippen LogP contribution in [0.5, 0.6) is 0 Å². The van der Waals surface area contributed by atoms with E-state index < -0.39 is 0 Å². The Hall–Kier alpha value is -1.59. The zero-order valence-corrected chi connectivity index (χ0v) is 14.9. The first kappa shape index (κ1) is 17.8. The minimum Gasteiger partial charge on any atom is -0.399 e. The van der Waals surface area contributed by atoms with Gasteiger partial charge in [-0.25, -0.2) is 0 Å². The molecule has 0 spiro atoms. The van der Waals surface area contributed by atoms with Gasteiger partial charge in [-0.2, -0.15) is 0 Å². The second kappa shape index (κ2) is 6.14. The van der Waals surface area contributed by atoms with Crippen molar-refractivity contribution in [1.82, 2.24) is 0 Å². The van der Waals surface area contributed by atoms with Gasteiger partial charge in [0.2, 0.25) is 0 Å². The summed E-state index contributed by atoms with van der Waals surface area (Å²) in [7, 11) is -0.388. The predicted molar refractivity (Wildman–Crippen MR) is 95.0 cm³/mol. The maximum absolute atomic E-state index is 11.8. The van der Waals surface area contributed by atoms with Gasteiger partial charge in [0.05, 0.1) is 11.2 Å². The lowest BCUT2D eigenvalue weighted by molar-refractivity contribution is -0.112. The number of nitrogens with one attached hydrogen (secondary N) is 1. The van der Waals surface area contributed by atoms with Crippen LogP contribution in [0.4, 0.5) is 5.69 Å². The summed E-state index contributed by atoms with van der Waals surface area (Å²) in [6, 6.07) is 5.82. The summed E-state index contributed by atoms with van der Waals surface area (Å²) in [5.74, 6) is -0.171. The third-order valence-electron chi connectivity index (χ3n) is 4.68. The number of carbonyl (C=O) groups is 1. The van der Waals surface area contributed by atoms with Gasteiger partial charge in [0.25, 0.3) is 5.91 Å². The molecule has 2 rings (SSSR count). The molecule has 1 fully saturated rings. The van der Waals surface area contributed by atoms with Crippen LogP contribution < -0.4 is 10.8 Å². The van der Waals surface area contributed by atoms with E-state index in [2.05, 4.69) is 18.8 Å². The van der Waals surface area contributed by atoms with Gasteiger partial charge in [-0.1, -0.05) is 19.6 Å². The van der Waals surface area contributed by atoms with Gasteiger partial charge in [0, 0.05) is 11.3 Å². The second-order valence-electron chi connectivity index (χ2n) is 7.09. The minimum atomic E-state index is -0.388. The Balaban J connectivity index is 2.28. The summed E-state index contributed by atoms with van der Waals surface area (Å²) < 4.78 is 12.3. The van der Waals surface area contributed by atoms with Gasteiger partial charge in [-0.05, 0) is 64.2 Å². The summed E-state index contributed by atoms with van der Waals surface area (Å²) >= 11 is 0. The average molecular weight is 315 g/mol. The lowest BCUT2D eigenvalue weighted by Crippen LogP contribution is -2.41. The lowest BCUT2D eigenvalue weighted by Gasteiger charge is -2.32. The maximum Gasteiger partial charge on any atom is 0.495 e. The van der Waals surface area contributed by atoms with Crippen LogP contribution in [0.3, 0.4) is 0 Å². The quantitative estimate of drug-likeness (QED) is 0.686. The lowest BCUT2D eigenvalue weighted by atomic mass is 9.75. The number of hydrogen-bond acceptors (Lipinski definition) is 3. The smallest absolute Gasteiger partial charge is 0.399 e. The average Bonchev–Trinajstić information content (AvgIpc) is 2.66. The largest absolute Gasteiger partial charge is 0.495 e. The number of benzene rings is 1. The summed E-state index contributed by atoms with van der Waals surface area (Å²) in [5.41, 5.74) is 2.63. The van der Waals surface area contributed by atoms with Crippen molar-refractivity contribution in [1.29, 1.82) is 0 Å². The van der Waals surface area contributed by atoms with Crippen LogP contribution >= 0.6 is 0 Å². The SMILES string of the molecule is C=C(C)C(=O)Nc1ccc(B2OC(C)(C)C(C)(C)O2)c(CC)c1. The van der Waals surface area contributed by atoms with Crippen LogP contribution in [0.25, 0.3) is 0 Å². The van der Waals surface area contributed by atoms with E-state index in [1.54, 1.807) is 6.92 Å². The van der Waals surface area contributed by atoms with Crippen molar-refractivity contribution in [2.24, 2.45) is 0 Å². The fourth-order valence-electron chi connectivity index (χ4n) is 2.43. The van der Waals surface area contributed by atoms with E-state index in [1.807, 2.05) is 45.9 Å². The predicted octanol–water partition coefficient (Wildman–Crippen LogP) is 3.06. The number of rotatable bonds is 4. The number of aryl methyl sites for hydroxylation is 1. The zero-order valence-electron chi connectivity index (χ0n) is 14.9. The van der Waals surface area contributed by atoms with Gasteiger partial charge >= 0.3 is 7.12 Å². The van der Waals surface area contributed by atoms with Crippen molar-refractivity contribution in [3.05, 3.63) is 35.9 Å². The van der Waals surface area contributed by atoms with Crippen molar-refractivity contribution in [3.63, 3.8) is 0 Å². The van der Waals surface area contributed by atoms with Crippen LogP contribution in [0.15, 0.2) is 30.4 Å². The molecule has 0 aliphatic carbocycles. The van der Waals surface area contributed by atoms with Crippen LogP contribution in [0.2, 0.25) is 0 Å². The Labute approximate surface area is 139 Å². The first-order valence-corrected chi connectivity index (χ1v) is 8.02. The minimum absolute atomic E-state index is 0.171.